The predicted molar refractivity (Wildman–Crippen MR) is 144 cm³/mol. The van der Waals surface area contributed by atoms with Crippen molar-refractivity contribution in [3.05, 3.63) is 86.9 Å². The first kappa shape index (κ1) is 23.7. The van der Waals surface area contributed by atoms with E-state index in [1.54, 1.807) is 41.4 Å². The Bertz CT molecular complexity index is 1390. The first-order valence-electron chi connectivity index (χ1n) is 11.0. The van der Waals surface area contributed by atoms with Gasteiger partial charge in [-0.15, -0.1) is 11.3 Å². The molecule has 5 rings (SSSR count). The molecule has 2 heterocycles. The highest BCUT2D eigenvalue weighted by atomic mass is 35.5. The van der Waals surface area contributed by atoms with Crippen LogP contribution in [0.4, 0.5) is 17.1 Å². The molecule has 0 saturated carbocycles. The summed E-state index contributed by atoms with van der Waals surface area (Å²) in [6.07, 6.45) is 1.66. The number of thioether (sulfide) groups is 1. The van der Waals surface area contributed by atoms with E-state index in [1.165, 1.54) is 5.56 Å². The van der Waals surface area contributed by atoms with Gasteiger partial charge in [-0.1, -0.05) is 41.6 Å². The summed E-state index contributed by atoms with van der Waals surface area (Å²) in [6.45, 7) is 2.43. The molecule has 1 saturated heterocycles. The number of anilines is 1. The van der Waals surface area contributed by atoms with Gasteiger partial charge in [0.1, 0.15) is 5.69 Å². The van der Waals surface area contributed by atoms with E-state index in [0.29, 0.717) is 37.6 Å². The summed E-state index contributed by atoms with van der Waals surface area (Å²) in [5, 5.41) is 12.4. The zero-order valence-corrected chi connectivity index (χ0v) is 21.0. The lowest BCUT2D eigenvalue weighted by Crippen LogP contribution is -2.36. The van der Waals surface area contributed by atoms with Crippen LogP contribution in [-0.4, -0.2) is 42.4 Å². The monoisotopic (exact) mass is 524 g/mol. The number of ether oxygens (including phenoxy) is 1. The number of aliphatic imine (C=N–C) groups is 1. The van der Waals surface area contributed by atoms with E-state index in [9.17, 15) is 10.1 Å². The number of halogens is 1. The summed E-state index contributed by atoms with van der Waals surface area (Å²) in [6, 6.07) is 18.9. The molecule has 178 valence electrons. The smallest absolute Gasteiger partial charge is 0.293 e. The lowest BCUT2D eigenvalue weighted by Gasteiger charge is -2.28. The van der Waals surface area contributed by atoms with Crippen LogP contribution in [0.1, 0.15) is 11.1 Å². The molecule has 0 bridgehead atoms. The van der Waals surface area contributed by atoms with Crippen LogP contribution < -0.4 is 4.90 Å². The normalized spacial score (nSPS) is 14.1. The largest absolute Gasteiger partial charge is 0.378 e. The van der Waals surface area contributed by atoms with Gasteiger partial charge in [0.2, 0.25) is 0 Å². The van der Waals surface area contributed by atoms with Crippen molar-refractivity contribution in [1.82, 2.24) is 4.98 Å². The number of fused-ring (bicyclic) bond motifs is 1. The Morgan fingerprint density at radius 1 is 1.14 bits per heavy atom. The minimum Gasteiger partial charge on any atom is -0.378 e. The zero-order valence-electron chi connectivity index (χ0n) is 18.6. The molecule has 0 spiro atoms. The molecular weight excluding hydrogens is 504 g/mol. The van der Waals surface area contributed by atoms with Crippen molar-refractivity contribution >= 4 is 68.2 Å². The van der Waals surface area contributed by atoms with Crippen LogP contribution in [0.3, 0.4) is 0 Å². The fraction of sp³-hybridized carbons (Fsp3) is 0.200. The van der Waals surface area contributed by atoms with Gasteiger partial charge < -0.3 is 9.64 Å². The molecule has 0 radical (unpaired) electrons. The number of hydrogen-bond donors (Lipinski definition) is 0. The second-order valence-corrected chi connectivity index (χ2v) is 10.6. The maximum absolute atomic E-state index is 11.7. The van der Waals surface area contributed by atoms with Crippen molar-refractivity contribution in [1.29, 1.82) is 0 Å². The molecule has 0 unspecified atom stereocenters. The Kier molecular flexibility index (Phi) is 7.29. The van der Waals surface area contributed by atoms with Gasteiger partial charge in [-0.2, -0.15) is 0 Å². The number of nitro benzene ring substituents is 1. The Labute approximate surface area is 215 Å². The number of thiazole rings is 1. The topological polar surface area (TPSA) is 80.9 Å². The lowest BCUT2D eigenvalue weighted by atomic mass is 10.1. The highest BCUT2D eigenvalue weighted by molar-refractivity contribution is 8.00. The number of aromatic nitrogens is 1. The summed E-state index contributed by atoms with van der Waals surface area (Å²) in [5.74, 6) is 0.821. The molecule has 0 N–H and O–H groups in total. The third kappa shape index (κ3) is 5.82. The van der Waals surface area contributed by atoms with Crippen LogP contribution in [0, 0.1) is 10.1 Å². The van der Waals surface area contributed by atoms with Gasteiger partial charge >= 0.3 is 0 Å². The molecular formula is C25H21ClN4O3S2. The second kappa shape index (κ2) is 10.7. The summed E-state index contributed by atoms with van der Waals surface area (Å²) < 4.78 is 7.40. The summed E-state index contributed by atoms with van der Waals surface area (Å²) in [4.78, 5) is 22.6. The maximum Gasteiger partial charge on any atom is 0.293 e. The van der Waals surface area contributed by atoms with Crippen molar-refractivity contribution in [3.8, 4) is 0 Å². The van der Waals surface area contributed by atoms with E-state index in [-0.39, 0.29) is 10.6 Å². The Morgan fingerprint density at radius 3 is 2.71 bits per heavy atom. The quantitative estimate of drug-likeness (QED) is 0.115. The first-order valence-corrected chi connectivity index (χ1v) is 13.2. The molecule has 1 aliphatic heterocycles. The van der Waals surface area contributed by atoms with Gasteiger partial charge in [0.25, 0.3) is 5.69 Å². The lowest BCUT2D eigenvalue weighted by molar-refractivity contribution is -0.384. The SMILES string of the molecule is O=[N+]([O-])c1cc(C=Nc2ccc3nc(SCc4ccc(Cl)cc4)sc3c2)ccc1N1CCOCC1. The van der Waals surface area contributed by atoms with Gasteiger partial charge in [-0.3, -0.25) is 15.1 Å². The van der Waals surface area contributed by atoms with Gasteiger partial charge in [0.05, 0.1) is 34.0 Å². The van der Waals surface area contributed by atoms with E-state index in [4.69, 9.17) is 21.3 Å². The Balaban J connectivity index is 1.31. The average molecular weight is 525 g/mol. The third-order valence-electron chi connectivity index (χ3n) is 5.54. The molecule has 0 amide bonds. The van der Waals surface area contributed by atoms with E-state index in [1.807, 2.05) is 53.4 Å². The molecule has 35 heavy (non-hydrogen) atoms. The van der Waals surface area contributed by atoms with E-state index < -0.39 is 0 Å². The Morgan fingerprint density at radius 2 is 1.94 bits per heavy atom. The molecule has 1 aliphatic rings. The second-order valence-electron chi connectivity index (χ2n) is 7.91. The Hall–Kier alpha value is -2.98. The third-order valence-corrected chi connectivity index (χ3v) is 8.02. The van der Waals surface area contributed by atoms with Crippen molar-refractivity contribution in [3.63, 3.8) is 0 Å². The van der Waals surface area contributed by atoms with Gasteiger partial charge in [0, 0.05) is 36.1 Å². The van der Waals surface area contributed by atoms with Crippen LogP contribution in [0.2, 0.25) is 5.02 Å². The predicted octanol–water partition coefficient (Wildman–Crippen LogP) is 6.74. The van der Waals surface area contributed by atoms with E-state index in [0.717, 1.165) is 31.0 Å². The van der Waals surface area contributed by atoms with Crippen LogP contribution in [0.5, 0.6) is 0 Å². The van der Waals surface area contributed by atoms with Gasteiger partial charge in [0.15, 0.2) is 4.34 Å². The molecule has 1 aromatic heterocycles. The first-order chi connectivity index (χ1) is 17.0. The number of nitro groups is 1. The minimum atomic E-state index is -0.339. The molecule has 1 fully saturated rings. The molecule has 0 atom stereocenters. The van der Waals surface area contributed by atoms with Gasteiger partial charge in [-0.25, -0.2) is 4.98 Å². The summed E-state index contributed by atoms with van der Waals surface area (Å²) in [5.41, 5.74) is 4.27. The van der Waals surface area contributed by atoms with Crippen LogP contribution in [0.25, 0.3) is 10.2 Å². The summed E-state index contributed by atoms with van der Waals surface area (Å²) in [7, 11) is 0. The van der Waals surface area contributed by atoms with Crippen molar-refractivity contribution in [2.24, 2.45) is 4.99 Å². The minimum absolute atomic E-state index is 0.0797. The molecule has 4 aromatic rings. The number of nitrogens with zero attached hydrogens (tertiary/aromatic N) is 4. The van der Waals surface area contributed by atoms with Crippen LogP contribution in [0.15, 0.2) is 70.0 Å². The number of morpholine rings is 1. The van der Waals surface area contributed by atoms with E-state index in [2.05, 4.69) is 4.99 Å². The molecule has 10 heteroatoms. The molecule has 7 nitrogen and oxygen atoms in total. The standard InChI is InChI=1S/C25H21ClN4O3S2/c26-19-4-1-17(2-5-19)16-34-25-28-21-7-6-20(14-24(21)35-25)27-15-18-3-8-22(23(13-18)30(31)32)29-9-11-33-12-10-29/h1-8,13-15H,9-12,16H2. The van der Waals surface area contributed by atoms with E-state index >= 15 is 0 Å². The fourth-order valence-electron chi connectivity index (χ4n) is 3.75. The zero-order chi connectivity index (χ0) is 24.2. The van der Waals surface area contributed by atoms with Crippen molar-refractivity contribution < 1.29 is 9.66 Å². The molecule has 3 aromatic carbocycles. The number of benzene rings is 3. The number of hydrogen-bond acceptors (Lipinski definition) is 8. The van der Waals surface area contributed by atoms with Gasteiger partial charge in [-0.05, 0) is 47.5 Å². The highest BCUT2D eigenvalue weighted by Gasteiger charge is 2.21. The maximum atomic E-state index is 11.7. The van der Waals surface area contributed by atoms with Crippen molar-refractivity contribution in [2.45, 2.75) is 10.1 Å². The fourth-order valence-corrected chi connectivity index (χ4v) is 5.93. The average Bonchev–Trinajstić information content (AvgIpc) is 3.30. The highest BCUT2D eigenvalue weighted by Crippen LogP contribution is 2.34. The molecule has 0 aliphatic carbocycles. The summed E-state index contributed by atoms with van der Waals surface area (Å²) >= 11 is 9.27. The van der Waals surface area contributed by atoms with Crippen molar-refractivity contribution in [2.75, 3.05) is 31.2 Å². The van der Waals surface area contributed by atoms with Crippen LogP contribution >= 0.6 is 34.7 Å². The van der Waals surface area contributed by atoms with Crippen LogP contribution in [-0.2, 0) is 10.5 Å². The number of rotatable bonds is 7.